The Morgan fingerprint density at radius 1 is 1.10 bits per heavy atom. The minimum absolute atomic E-state index is 0.103. The Kier molecular flexibility index (Phi) is 8.25. The van der Waals surface area contributed by atoms with Crippen molar-refractivity contribution in [3.05, 3.63) is 58.6 Å². The fraction of sp³-hybridized carbons (Fsp3) is 0.409. The number of aryl methyl sites for hydroxylation is 2. The standard InChI is InChI=1S/C22H29ClN2O3S2/c1-16-6-9-19(10-7-16)30(27,28)25(20-11-8-18(23)14-17(20)2)15-21(26)24-12-13-29-22(3,4)5/h6-11,14H,12-13,15H2,1-5H3,(H,24,26). The van der Waals surface area contributed by atoms with Gasteiger partial charge in [-0.3, -0.25) is 9.10 Å². The number of nitrogens with zero attached hydrogens (tertiary/aromatic N) is 1. The predicted octanol–water partition coefficient (Wildman–Crippen LogP) is 4.80. The van der Waals surface area contributed by atoms with E-state index in [0.29, 0.717) is 22.8 Å². The Balaban J connectivity index is 2.28. The van der Waals surface area contributed by atoms with Crippen LogP contribution >= 0.6 is 23.4 Å². The van der Waals surface area contributed by atoms with E-state index in [1.807, 2.05) is 6.92 Å². The SMILES string of the molecule is Cc1ccc(S(=O)(=O)N(CC(=O)NCCSC(C)(C)C)c2ccc(Cl)cc2C)cc1. The molecule has 0 bridgehead atoms. The first kappa shape index (κ1) is 24.6. The summed E-state index contributed by atoms with van der Waals surface area (Å²) in [6, 6.07) is 11.5. The third-order valence-electron chi connectivity index (χ3n) is 4.28. The molecule has 0 spiro atoms. The van der Waals surface area contributed by atoms with Gasteiger partial charge in [0.25, 0.3) is 10.0 Å². The van der Waals surface area contributed by atoms with Crippen LogP contribution in [-0.4, -0.2) is 37.9 Å². The number of carbonyl (C=O) groups excluding carboxylic acids is 1. The topological polar surface area (TPSA) is 66.5 Å². The molecule has 0 aliphatic carbocycles. The van der Waals surface area contributed by atoms with Crippen molar-refractivity contribution < 1.29 is 13.2 Å². The lowest BCUT2D eigenvalue weighted by atomic mass is 10.2. The summed E-state index contributed by atoms with van der Waals surface area (Å²) in [7, 11) is -3.93. The zero-order valence-corrected chi connectivity index (χ0v) is 20.4. The van der Waals surface area contributed by atoms with Gasteiger partial charge in [0.1, 0.15) is 6.54 Å². The van der Waals surface area contributed by atoms with Crippen molar-refractivity contribution in [2.75, 3.05) is 23.1 Å². The summed E-state index contributed by atoms with van der Waals surface area (Å²) in [6.45, 7) is 10.2. The third-order valence-corrected chi connectivity index (χ3v) is 7.57. The van der Waals surface area contributed by atoms with E-state index in [0.717, 1.165) is 15.6 Å². The van der Waals surface area contributed by atoms with Crippen LogP contribution in [0.1, 0.15) is 31.9 Å². The first-order chi connectivity index (χ1) is 13.9. The first-order valence-electron chi connectivity index (χ1n) is 9.66. The number of hydrogen-bond acceptors (Lipinski definition) is 4. The van der Waals surface area contributed by atoms with Gasteiger partial charge >= 0.3 is 0 Å². The van der Waals surface area contributed by atoms with E-state index in [9.17, 15) is 13.2 Å². The highest BCUT2D eigenvalue weighted by Gasteiger charge is 2.28. The molecule has 2 aromatic rings. The highest BCUT2D eigenvalue weighted by Crippen LogP contribution is 2.29. The van der Waals surface area contributed by atoms with Crippen LogP contribution in [0.15, 0.2) is 47.4 Å². The van der Waals surface area contributed by atoms with E-state index in [-0.39, 0.29) is 22.1 Å². The molecule has 0 radical (unpaired) electrons. The monoisotopic (exact) mass is 468 g/mol. The van der Waals surface area contributed by atoms with Crippen molar-refractivity contribution in [2.45, 2.75) is 44.3 Å². The number of carbonyl (C=O) groups is 1. The Labute approximate surface area is 189 Å². The van der Waals surface area contributed by atoms with Crippen LogP contribution in [0.3, 0.4) is 0 Å². The molecular weight excluding hydrogens is 440 g/mol. The molecule has 5 nitrogen and oxygen atoms in total. The Bertz CT molecular complexity index is 984. The van der Waals surface area contributed by atoms with E-state index < -0.39 is 10.0 Å². The van der Waals surface area contributed by atoms with Gasteiger partial charge in [0.2, 0.25) is 5.91 Å². The molecule has 0 saturated carbocycles. The molecule has 1 N–H and O–H groups in total. The fourth-order valence-corrected chi connectivity index (χ4v) is 5.30. The molecule has 164 valence electrons. The molecule has 30 heavy (non-hydrogen) atoms. The van der Waals surface area contributed by atoms with Gasteiger partial charge in [0, 0.05) is 22.1 Å². The van der Waals surface area contributed by atoms with Crippen molar-refractivity contribution >= 4 is 45.0 Å². The van der Waals surface area contributed by atoms with Gasteiger partial charge in [-0.15, -0.1) is 0 Å². The molecule has 0 atom stereocenters. The highest BCUT2D eigenvalue weighted by atomic mass is 35.5. The number of benzene rings is 2. The second-order valence-corrected chi connectivity index (χ2v) is 12.3. The van der Waals surface area contributed by atoms with Gasteiger partial charge in [-0.2, -0.15) is 11.8 Å². The maximum Gasteiger partial charge on any atom is 0.264 e. The molecule has 0 saturated heterocycles. The summed E-state index contributed by atoms with van der Waals surface area (Å²) in [4.78, 5) is 12.7. The summed E-state index contributed by atoms with van der Waals surface area (Å²) in [5, 5.41) is 3.33. The molecule has 0 aliphatic heterocycles. The lowest BCUT2D eigenvalue weighted by Crippen LogP contribution is -2.41. The molecule has 2 rings (SSSR count). The highest BCUT2D eigenvalue weighted by molar-refractivity contribution is 8.00. The Morgan fingerprint density at radius 2 is 1.73 bits per heavy atom. The molecule has 0 fully saturated rings. The molecule has 2 aromatic carbocycles. The van der Waals surface area contributed by atoms with E-state index in [1.165, 1.54) is 0 Å². The van der Waals surface area contributed by atoms with Crippen molar-refractivity contribution in [2.24, 2.45) is 0 Å². The number of amides is 1. The first-order valence-corrected chi connectivity index (χ1v) is 12.5. The Hall–Kier alpha value is -1.70. The molecular formula is C22H29ClN2O3S2. The van der Waals surface area contributed by atoms with Gasteiger partial charge in [0.15, 0.2) is 0 Å². The van der Waals surface area contributed by atoms with E-state index >= 15 is 0 Å². The zero-order valence-electron chi connectivity index (χ0n) is 18.0. The summed E-state index contributed by atoms with van der Waals surface area (Å²) in [5.74, 6) is 0.398. The number of sulfonamides is 1. The predicted molar refractivity (Wildman–Crippen MR) is 127 cm³/mol. The van der Waals surface area contributed by atoms with Crippen LogP contribution in [0.25, 0.3) is 0 Å². The number of nitrogens with one attached hydrogen (secondary N) is 1. The average Bonchev–Trinajstić information content (AvgIpc) is 2.63. The molecule has 8 heteroatoms. The Morgan fingerprint density at radius 3 is 2.30 bits per heavy atom. The van der Waals surface area contributed by atoms with Crippen LogP contribution in [0, 0.1) is 13.8 Å². The number of hydrogen-bond donors (Lipinski definition) is 1. The number of rotatable bonds is 8. The van der Waals surface area contributed by atoms with Crippen LogP contribution in [0.4, 0.5) is 5.69 Å². The second kappa shape index (κ2) is 10.1. The van der Waals surface area contributed by atoms with Gasteiger partial charge in [-0.25, -0.2) is 8.42 Å². The number of thioether (sulfide) groups is 1. The molecule has 0 heterocycles. The quantitative estimate of drug-likeness (QED) is 0.565. The average molecular weight is 469 g/mol. The lowest BCUT2D eigenvalue weighted by Gasteiger charge is -2.26. The van der Waals surface area contributed by atoms with Gasteiger partial charge < -0.3 is 5.32 Å². The molecule has 0 aliphatic rings. The van der Waals surface area contributed by atoms with Gasteiger partial charge in [-0.05, 0) is 49.7 Å². The van der Waals surface area contributed by atoms with Gasteiger partial charge in [0.05, 0.1) is 10.6 Å². The van der Waals surface area contributed by atoms with E-state index in [2.05, 4.69) is 26.1 Å². The van der Waals surface area contributed by atoms with Gasteiger partial charge in [-0.1, -0.05) is 50.1 Å². The third kappa shape index (κ3) is 6.93. The molecule has 0 aromatic heterocycles. The van der Waals surface area contributed by atoms with Crippen LogP contribution in [0.5, 0.6) is 0 Å². The smallest absolute Gasteiger partial charge is 0.264 e. The summed E-state index contributed by atoms with van der Waals surface area (Å²) >= 11 is 7.79. The summed E-state index contributed by atoms with van der Waals surface area (Å²) in [5.41, 5.74) is 2.06. The maximum absolute atomic E-state index is 13.4. The fourth-order valence-electron chi connectivity index (χ4n) is 2.77. The minimum Gasteiger partial charge on any atom is -0.354 e. The largest absolute Gasteiger partial charge is 0.354 e. The number of halogens is 1. The van der Waals surface area contributed by atoms with Crippen LogP contribution < -0.4 is 9.62 Å². The molecule has 1 amide bonds. The number of anilines is 1. The zero-order chi connectivity index (χ0) is 22.5. The summed E-state index contributed by atoms with van der Waals surface area (Å²) < 4.78 is 28.0. The van der Waals surface area contributed by atoms with Crippen LogP contribution in [-0.2, 0) is 14.8 Å². The van der Waals surface area contributed by atoms with E-state index in [1.54, 1.807) is 61.2 Å². The summed E-state index contributed by atoms with van der Waals surface area (Å²) in [6.07, 6.45) is 0. The second-order valence-electron chi connectivity index (χ2n) is 8.07. The van der Waals surface area contributed by atoms with Crippen molar-refractivity contribution in [1.82, 2.24) is 5.32 Å². The van der Waals surface area contributed by atoms with E-state index in [4.69, 9.17) is 11.6 Å². The lowest BCUT2D eigenvalue weighted by molar-refractivity contribution is -0.119. The molecule has 0 unspecified atom stereocenters. The maximum atomic E-state index is 13.4. The van der Waals surface area contributed by atoms with Crippen molar-refractivity contribution in [3.63, 3.8) is 0 Å². The van der Waals surface area contributed by atoms with Crippen molar-refractivity contribution in [3.8, 4) is 0 Å². The van der Waals surface area contributed by atoms with Crippen molar-refractivity contribution in [1.29, 1.82) is 0 Å². The normalized spacial score (nSPS) is 11.9. The van der Waals surface area contributed by atoms with Crippen LogP contribution in [0.2, 0.25) is 5.02 Å². The minimum atomic E-state index is -3.93.